The van der Waals surface area contributed by atoms with Gasteiger partial charge in [-0.1, -0.05) is 41.4 Å². The summed E-state index contributed by atoms with van der Waals surface area (Å²) < 4.78 is 24.2. The zero-order valence-electron chi connectivity index (χ0n) is 8.86. The lowest BCUT2D eigenvalue weighted by Gasteiger charge is -2.05. The fraction of sp³-hybridized carbons (Fsp3) is 0.167. The summed E-state index contributed by atoms with van der Waals surface area (Å²) in [6.45, 7) is 0. The molecule has 0 N–H and O–H groups in total. The molecule has 1 aromatic carbocycles. The molecule has 0 bridgehead atoms. The van der Waals surface area contributed by atoms with Crippen molar-refractivity contribution in [1.82, 2.24) is 0 Å². The minimum Gasteiger partial charge on any atom is -0.223 e. The van der Waals surface area contributed by atoms with Crippen LogP contribution in [-0.4, -0.2) is 14.2 Å². The Hall–Kier alpha value is -0.770. The van der Waals surface area contributed by atoms with Gasteiger partial charge in [0.2, 0.25) is 0 Å². The molecule has 0 saturated carbocycles. The number of hydrogen-bond donors (Lipinski definition) is 0. The second kappa shape index (κ2) is 4.84. The van der Waals surface area contributed by atoms with Crippen molar-refractivity contribution in [3.05, 3.63) is 52.0 Å². The van der Waals surface area contributed by atoms with Crippen molar-refractivity contribution < 1.29 is 8.42 Å². The monoisotopic (exact) mass is 288 g/mol. The van der Waals surface area contributed by atoms with Crippen LogP contribution in [0.25, 0.3) is 0 Å². The largest absolute Gasteiger partial charge is 0.223 e. The van der Waals surface area contributed by atoms with Gasteiger partial charge in [0.25, 0.3) is 0 Å². The van der Waals surface area contributed by atoms with Crippen molar-refractivity contribution in [3.63, 3.8) is 0 Å². The molecule has 0 saturated heterocycles. The molecule has 1 aromatic rings. The van der Waals surface area contributed by atoms with E-state index < -0.39 is 9.84 Å². The van der Waals surface area contributed by atoms with Crippen molar-refractivity contribution >= 4 is 33.0 Å². The van der Waals surface area contributed by atoms with Gasteiger partial charge in [-0.05, 0) is 30.2 Å². The van der Waals surface area contributed by atoms with Gasteiger partial charge in [0.15, 0.2) is 9.84 Å². The SMILES string of the molecule is O=S(=O)(CC1=CCC=C1)c1cc(Cl)cc(Cl)c1. The molecular formula is C12H10Cl2O2S. The second-order valence-corrected chi connectivity index (χ2v) is 6.64. The van der Waals surface area contributed by atoms with E-state index in [1.165, 1.54) is 18.2 Å². The van der Waals surface area contributed by atoms with Crippen molar-refractivity contribution in [2.45, 2.75) is 11.3 Å². The van der Waals surface area contributed by atoms with Crippen molar-refractivity contribution in [3.8, 4) is 0 Å². The molecule has 0 radical (unpaired) electrons. The summed E-state index contributed by atoms with van der Waals surface area (Å²) in [6, 6.07) is 4.35. The Morgan fingerprint density at radius 3 is 2.29 bits per heavy atom. The van der Waals surface area contributed by atoms with E-state index in [1.807, 2.05) is 18.2 Å². The van der Waals surface area contributed by atoms with Gasteiger partial charge < -0.3 is 0 Å². The molecule has 1 aliphatic carbocycles. The lowest BCUT2D eigenvalue weighted by atomic mass is 10.3. The van der Waals surface area contributed by atoms with Crippen molar-refractivity contribution in [2.24, 2.45) is 0 Å². The molecule has 0 fully saturated rings. The highest BCUT2D eigenvalue weighted by molar-refractivity contribution is 7.91. The Balaban J connectivity index is 2.34. The maximum Gasteiger partial charge on any atom is 0.182 e. The number of benzene rings is 1. The number of halogens is 2. The molecule has 0 amide bonds. The normalized spacial score (nSPS) is 15.1. The smallest absolute Gasteiger partial charge is 0.182 e. The van der Waals surface area contributed by atoms with Crippen LogP contribution in [-0.2, 0) is 9.84 Å². The maximum absolute atomic E-state index is 12.1. The fourth-order valence-corrected chi connectivity index (χ4v) is 3.71. The van der Waals surface area contributed by atoms with Gasteiger partial charge in [-0.2, -0.15) is 0 Å². The molecule has 17 heavy (non-hydrogen) atoms. The van der Waals surface area contributed by atoms with Gasteiger partial charge in [0.05, 0.1) is 10.6 Å². The minimum absolute atomic E-state index is 0.0137. The summed E-state index contributed by atoms with van der Waals surface area (Å²) in [5, 5.41) is 0.652. The van der Waals surface area contributed by atoms with Crippen LogP contribution in [0.5, 0.6) is 0 Å². The molecule has 0 atom stereocenters. The van der Waals surface area contributed by atoms with E-state index in [2.05, 4.69) is 0 Å². The molecule has 0 unspecified atom stereocenters. The van der Waals surface area contributed by atoms with Gasteiger partial charge in [0.1, 0.15) is 0 Å². The van der Waals surface area contributed by atoms with E-state index in [0.29, 0.717) is 10.0 Å². The number of rotatable bonds is 3. The van der Waals surface area contributed by atoms with Crippen LogP contribution in [0.4, 0.5) is 0 Å². The predicted molar refractivity (Wildman–Crippen MR) is 70.4 cm³/mol. The lowest BCUT2D eigenvalue weighted by Crippen LogP contribution is -2.07. The zero-order valence-corrected chi connectivity index (χ0v) is 11.2. The first-order valence-corrected chi connectivity index (χ1v) is 7.43. The third kappa shape index (κ3) is 3.12. The molecule has 2 rings (SSSR count). The standard InChI is InChI=1S/C12H10Cl2O2S/c13-10-5-11(14)7-12(6-10)17(15,16)8-9-3-1-2-4-9/h1,3-7H,2,8H2. The van der Waals surface area contributed by atoms with Crippen LogP contribution >= 0.6 is 23.2 Å². The molecule has 2 nitrogen and oxygen atoms in total. The molecule has 1 aliphatic rings. The summed E-state index contributed by atoms with van der Waals surface area (Å²) in [6.07, 6.45) is 6.43. The Labute approximate surface area is 110 Å². The molecule has 0 spiro atoms. The topological polar surface area (TPSA) is 34.1 Å². The van der Waals surface area contributed by atoms with Crippen molar-refractivity contribution in [1.29, 1.82) is 0 Å². The van der Waals surface area contributed by atoms with E-state index in [9.17, 15) is 8.42 Å². The first-order chi connectivity index (χ1) is 7.97. The third-order valence-electron chi connectivity index (χ3n) is 2.40. The van der Waals surface area contributed by atoms with Crippen LogP contribution in [0.1, 0.15) is 6.42 Å². The van der Waals surface area contributed by atoms with Gasteiger partial charge in [-0.15, -0.1) is 0 Å². The average Bonchev–Trinajstić information content (AvgIpc) is 2.68. The van der Waals surface area contributed by atoms with E-state index in [-0.39, 0.29) is 10.6 Å². The van der Waals surface area contributed by atoms with E-state index in [1.54, 1.807) is 0 Å². The van der Waals surface area contributed by atoms with E-state index >= 15 is 0 Å². The van der Waals surface area contributed by atoms with Gasteiger partial charge in [0, 0.05) is 10.0 Å². The summed E-state index contributed by atoms with van der Waals surface area (Å²) in [5.74, 6) is -0.0137. The fourth-order valence-electron chi connectivity index (χ4n) is 1.62. The molecular weight excluding hydrogens is 279 g/mol. The number of sulfone groups is 1. The molecule has 0 aliphatic heterocycles. The highest BCUT2D eigenvalue weighted by atomic mass is 35.5. The van der Waals surface area contributed by atoms with Crippen LogP contribution in [0.3, 0.4) is 0 Å². The molecule has 0 heterocycles. The maximum atomic E-state index is 12.1. The van der Waals surface area contributed by atoms with Crippen LogP contribution in [0.15, 0.2) is 46.9 Å². The Morgan fingerprint density at radius 2 is 1.76 bits per heavy atom. The van der Waals surface area contributed by atoms with Crippen LogP contribution in [0.2, 0.25) is 10.0 Å². The second-order valence-electron chi connectivity index (χ2n) is 3.78. The van der Waals surface area contributed by atoms with Gasteiger partial charge >= 0.3 is 0 Å². The zero-order chi connectivity index (χ0) is 12.5. The third-order valence-corrected chi connectivity index (χ3v) is 4.50. The average molecular weight is 289 g/mol. The highest BCUT2D eigenvalue weighted by Crippen LogP contribution is 2.25. The summed E-state index contributed by atoms with van der Waals surface area (Å²) >= 11 is 11.6. The lowest BCUT2D eigenvalue weighted by molar-refractivity contribution is 0.598. The van der Waals surface area contributed by atoms with Crippen LogP contribution < -0.4 is 0 Å². The van der Waals surface area contributed by atoms with E-state index in [4.69, 9.17) is 23.2 Å². The van der Waals surface area contributed by atoms with E-state index in [0.717, 1.165) is 12.0 Å². The highest BCUT2D eigenvalue weighted by Gasteiger charge is 2.17. The first-order valence-electron chi connectivity index (χ1n) is 5.02. The first kappa shape index (κ1) is 12.7. The summed E-state index contributed by atoms with van der Waals surface area (Å²) in [7, 11) is -3.38. The number of hydrogen-bond acceptors (Lipinski definition) is 2. The Bertz CT molecular complexity index is 581. The molecule has 5 heteroatoms. The Morgan fingerprint density at radius 1 is 1.12 bits per heavy atom. The number of allylic oxidation sites excluding steroid dienone is 3. The Kier molecular flexibility index (Phi) is 3.61. The molecule has 0 aromatic heterocycles. The van der Waals surface area contributed by atoms with Crippen LogP contribution in [0, 0.1) is 0 Å². The quantitative estimate of drug-likeness (QED) is 0.851. The minimum atomic E-state index is -3.38. The predicted octanol–water partition coefficient (Wildman–Crippen LogP) is 3.65. The van der Waals surface area contributed by atoms with Gasteiger partial charge in [-0.3, -0.25) is 0 Å². The van der Waals surface area contributed by atoms with Crippen molar-refractivity contribution in [2.75, 3.05) is 5.75 Å². The molecule has 90 valence electrons. The summed E-state index contributed by atoms with van der Waals surface area (Å²) in [5.41, 5.74) is 0.807. The van der Waals surface area contributed by atoms with Gasteiger partial charge in [-0.25, -0.2) is 8.42 Å². The summed E-state index contributed by atoms with van der Waals surface area (Å²) in [4.78, 5) is 0.163.